The van der Waals surface area contributed by atoms with Crippen LogP contribution in [-0.4, -0.2) is 9.97 Å². The van der Waals surface area contributed by atoms with Crippen molar-refractivity contribution < 1.29 is 19.5 Å². The summed E-state index contributed by atoms with van der Waals surface area (Å²) >= 11 is 0. The Morgan fingerprint density at radius 3 is 2.15 bits per heavy atom. The van der Waals surface area contributed by atoms with Crippen LogP contribution < -0.4 is 9.97 Å². The normalized spacial score (nSPS) is 15.5. The number of nitriles is 1. The van der Waals surface area contributed by atoms with Crippen LogP contribution in [0.5, 0.6) is 0 Å². The van der Waals surface area contributed by atoms with Crippen molar-refractivity contribution in [2.75, 3.05) is 0 Å². The van der Waals surface area contributed by atoms with Crippen molar-refractivity contribution in [2.24, 2.45) is 0 Å². The van der Waals surface area contributed by atoms with E-state index in [2.05, 4.69) is 59.7 Å². The molecule has 2 aromatic heterocycles. The Hall–Kier alpha value is -3.03. The van der Waals surface area contributed by atoms with Gasteiger partial charge in [-0.3, -0.25) is 0 Å². The molecule has 160 valence electrons. The van der Waals surface area contributed by atoms with Crippen LogP contribution in [0.15, 0.2) is 24.3 Å². The maximum atomic E-state index is 9.69. The molecule has 0 amide bonds. The molecule has 0 N–H and O–H groups in total. The first-order valence-electron chi connectivity index (χ1n) is 10.9. The van der Waals surface area contributed by atoms with Gasteiger partial charge in [0.1, 0.15) is 6.07 Å². The van der Waals surface area contributed by atoms with Gasteiger partial charge in [-0.15, -0.1) is 11.0 Å². The quantitative estimate of drug-likeness (QED) is 0.465. The number of fused-ring (bicyclic) bond motifs is 8. The van der Waals surface area contributed by atoms with Gasteiger partial charge in [0.25, 0.3) is 0 Å². The molecule has 5 nitrogen and oxygen atoms in total. The summed E-state index contributed by atoms with van der Waals surface area (Å²) in [6.45, 7) is 12.7. The topological polar surface area (TPSA) is 77.8 Å². The zero-order valence-electron chi connectivity index (χ0n) is 20.0. The number of nitrogens with zero attached hydrogens (tertiary/aromatic N) is 5. The molecular weight excluding hydrogens is 460 g/mol. The molecular formula is C27H25N5Zn. The Kier molecular flexibility index (Phi) is 5.67. The fraction of sp³-hybridized carbons (Fsp3) is 0.296. The van der Waals surface area contributed by atoms with Gasteiger partial charge in [-0.2, -0.15) is 16.6 Å². The molecule has 5 rings (SSSR count). The van der Waals surface area contributed by atoms with Gasteiger partial charge in [-0.1, -0.05) is 49.2 Å². The van der Waals surface area contributed by atoms with Crippen molar-refractivity contribution >= 4 is 33.8 Å². The molecule has 0 saturated heterocycles. The summed E-state index contributed by atoms with van der Waals surface area (Å²) in [5.41, 5.74) is 12.0. The Morgan fingerprint density at radius 2 is 1.48 bits per heavy atom. The summed E-state index contributed by atoms with van der Waals surface area (Å²) in [7, 11) is 0. The van der Waals surface area contributed by atoms with Gasteiger partial charge in [0, 0.05) is 0 Å². The molecule has 6 heteroatoms. The third-order valence-corrected chi connectivity index (χ3v) is 6.80. The fourth-order valence-corrected chi connectivity index (χ4v) is 4.41. The summed E-state index contributed by atoms with van der Waals surface area (Å²) < 4.78 is 0. The first kappa shape index (κ1) is 23.1. The predicted molar refractivity (Wildman–Crippen MR) is 128 cm³/mol. The van der Waals surface area contributed by atoms with Gasteiger partial charge >= 0.3 is 19.5 Å². The summed E-state index contributed by atoms with van der Waals surface area (Å²) in [5.74, 6) is 0. The van der Waals surface area contributed by atoms with Gasteiger partial charge in [0.2, 0.25) is 0 Å². The van der Waals surface area contributed by atoms with Crippen molar-refractivity contribution in [3.8, 4) is 6.07 Å². The number of aromatic nitrogens is 4. The van der Waals surface area contributed by atoms with Crippen molar-refractivity contribution in [3.05, 3.63) is 69.6 Å². The Morgan fingerprint density at radius 1 is 0.848 bits per heavy atom. The minimum Gasteiger partial charge on any atom is -0.664 e. The maximum absolute atomic E-state index is 9.69. The molecule has 5 heterocycles. The minimum atomic E-state index is -0.144. The molecule has 3 aliphatic heterocycles. The number of hydrogen-bond acceptors (Lipinski definition) is 3. The van der Waals surface area contributed by atoms with Crippen LogP contribution >= 0.6 is 0 Å². The third-order valence-electron chi connectivity index (χ3n) is 6.80. The summed E-state index contributed by atoms with van der Waals surface area (Å²) in [6, 6.07) is 10.4. The molecule has 0 atom stereocenters. The van der Waals surface area contributed by atoms with Crippen LogP contribution in [-0.2, 0) is 31.3 Å². The van der Waals surface area contributed by atoms with Crippen molar-refractivity contribution in [3.63, 3.8) is 0 Å². The number of allylic oxidation sites excluding steroid dienone is 3. The molecule has 0 saturated carbocycles. The van der Waals surface area contributed by atoms with Crippen molar-refractivity contribution in [1.82, 2.24) is 19.9 Å². The fourth-order valence-electron chi connectivity index (χ4n) is 4.41. The molecule has 33 heavy (non-hydrogen) atoms. The average molecular weight is 485 g/mol. The SMILES string of the molecule is CC1=C(C)c2cc3[n-]c(cc4nc(cc5[n-]c(cc1n2)CC5(C)C)C(C#N)=C4)c(C)c3C.[Zn+2]. The standard InChI is InChI=1S/C27H25N5.Zn/c1-14-16(3)23-10-24-17(4)15(2)22(32-24)9-20-12-27(5,6)26(30-20)11-25-18(13-28)7-19(29-25)8-21(14)31-23;/h7-11H,12H2,1-6H3;/q-2;+2. The van der Waals surface area contributed by atoms with E-state index in [4.69, 9.17) is 19.9 Å². The molecule has 0 fully saturated rings. The van der Waals surface area contributed by atoms with Gasteiger partial charge in [0.15, 0.2) is 0 Å². The second kappa shape index (κ2) is 8.08. The molecule has 0 aliphatic carbocycles. The van der Waals surface area contributed by atoms with Gasteiger partial charge in [0.05, 0.1) is 28.3 Å². The van der Waals surface area contributed by atoms with Crippen LogP contribution in [0.25, 0.3) is 33.8 Å². The van der Waals surface area contributed by atoms with E-state index in [1.165, 1.54) is 11.1 Å². The van der Waals surface area contributed by atoms with Crippen LogP contribution in [0.3, 0.4) is 0 Å². The van der Waals surface area contributed by atoms with Crippen LogP contribution in [0, 0.1) is 25.2 Å². The molecule has 8 bridgehead atoms. The van der Waals surface area contributed by atoms with Gasteiger partial charge in [-0.25, -0.2) is 9.97 Å². The molecule has 2 aromatic rings. The van der Waals surface area contributed by atoms with E-state index >= 15 is 0 Å². The zero-order chi connectivity index (χ0) is 22.8. The van der Waals surface area contributed by atoms with E-state index in [0.29, 0.717) is 11.3 Å². The van der Waals surface area contributed by atoms with Crippen molar-refractivity contribution in [1.29, 1.82) is 5.26 Å². The van der Waals surface area contributed by atoms with E-state index in [1.807, 2.05) is 18.2 Å². The molecule has 0 aromatic carbocycles. The minimum absolute atomic E-state index is 0. The average Bonchev–Trinajstić information content (AvgIpc) is 3.41. The van der Waals surface area contributed by atoms with Crippen LogP contribution in [0.2, 0.25) is 0 Å². The molecule has 0 unspecified atom stereocenters. The second-order valence-electron chi connectivity index (χ2n) is 9.48. The van der Waals surface area contributed by atoms with E-state index in [-0.39, 0.29) is 24.9 Å². The smallest absolute Gasteiger partial charge is 0.664 e. The number of hydrogen-bond donors (Lipinski definition) is 0. The van der Waals surface area contributed by atoms with Crippen molar-refractivity contribution in [2.45, 2.75) is 53.4 Å². The predicted octanol–water partition coefficient (Wildman–Crippen LogP) is 5.44. The van der Waals surface area contributed by atoms with Gasteiger partial charge in [-0.05, 0) is 56.8 Å². The van der Waals surface area contributed by atoms with E-state index < -0.39 is 0 Å². The first-order valence-corrected chi connectivity index (χ1v) is 10.9. The summed E-state index contributed by atoms with van der Waals surface area (Å²) in [5, 5.41) is 9.69. The summed E-state index contributed by atoms with van der Waals surface area (Å²) in [4.78, 5) is 19.5. The Labute approximate surface area is 207 Å². The Balaban J connectivity index is 0.00000259. The van der Waals surface area contributed by atoms with Crippen LogP contribution in [0.4, 0.5) is 0 Å². The largest absolute Gasteiger partial charge is 2.00 e. The van der Waals surface area contributed by atoms with E-state index in [1.54, 1.807) is 0 Å². The summed E-state index contributed by atoms with van der Waals surface area (Å²) in [6.07, 6.45) is 2.64. The monoisotopic (exact) mass is 483 g/mol. The first-order chi connectivity index (χ1) is 15.2. The number of rotatable bonds is 0. The van der Waals surface area contributed by atoms with E-state index in [0.717, 1.165) is 57.1 Å². The number of aryl methyl sites for hydroxylation is 2. The zero-order valence-corrected chi connectivity index (χ0v) is 23.0. The van der Waals surface area contributed by atoms with Gasteiger partial charge < -0.3 is 9.97 Å². The third kappa shape index (κ3) is 3.85. The maximum Gasteiger partial charge on any atom is 2.00 e. The second-order valence-corrected chi connectivity index (χ2v) is 9.48. The molecule has 0 spiro atoms. The Bertz CT molecular complexity index is 1470. The molecule has 0 radical (unpaired) electrons. The van der Waals surface area contributed by atoms with Crippen LogP contribution in [0.1, 0.15) is 73.0 Å². The molecule has 3 aliphatic rings. The van der Waals surface area contributed by atoms with E-state index in [9.17, 15) is 5.26 Å².